The van der Waals surface area contributed by atoms with E-state index in [1.165, 1.54) is 13.8 Å². The van der Waals surface area contributed by atoms with E-state index < -0.39 is 12.4 Å². The SMILES string of the molecule is [2H]C([2H])([2H])C(C)(C)NC(=O)CN1CCC([N+]#[C-])CC1. The molecule has 0 atom stereocenters. The van der Waals surface area contributed by atoms with Crippen molar-refractivity contribution in [2.75, 3.05) is 19.6 Å². The molecule has 1 aliphatic heterocycles. The van der Waals surface area contributed by atoms with Crippen molar-refractivity contribution >= 4 is 5.91 Å². The lowest BCUT2D eigenvalue weighted by Gasteiger charge is -2.28. The molecule has 4 heteroatoms. The van der Waals surface area contributed by atoms with E-state index in [9.17, 15) is 4.79 Å². The van der Waals surface area contributed by atoms with E-state index in [-0.39, 0.29) is 18.5 Å². The Morgan fingerprint density at radius 1 is 1.62 bits per heavy atom. The molecule has 0 aliphatic carbocycles. The van der Waals surface area contributed by atoms with Crippen molar-refractivity contribution in [3.05, 3.63) is 11.4 Å². The van der Waals surface area contributed by atoms with Crippen LogP contribution >= 0.6 is 0 Å². The maximum absolute atomic E-state index is 11.9. The summed E-state index contributed by atoms with van der Waals surface area (Å²) in [6, 6.07) is 0.0677. The molecule has 1 N–H and O–H groups in total. The first-order valence-electron chi connectivity index (χ1n) is 7.05. The van der Waals surface area contributed by atoms with Crippen molar-refractivity contribution in [2.45, 2.75) is 45.1 Å². The monoisotopic (exact) mass is 226 g/mol. The van der Waals surface area contributed by atoms with Crippen LogP contribution in [-0.2, 0) is 4.79 Å². The summed E-state index contributed by atoms with van der Waals surface area (Å²) in [5.74, 6) is -0.276. The first kappa shape index (κ1) is 9.00. The smallest absolute Gasteiger partial charge is 0.234 e. The van der Waals surface area contributed by atoms with Crippen LogP contribution in [0, 0.1) is 6.57 Å². The Labute approximate surface area is 102 Å². The lowest BCUT2D eigenvalue weighted by Crippen LogP contribution is -2.47. The van der Waals surface area contributed by atoms with Gasteiger partial charge in [-0.05, 0) is 20.7 Å². The Kier molecular flexibility index (Phi) is 2.99. The second-order valence-corrected chi connectivity index (χ2v) is 4.81. The van der Waals surface area contributed by atoms with E-state index >= 15 is 0 Å². The fourth-order valence-corrected chi connectivity index (χ4v) is 1.80. The standard InChI is InChI=1S/C12H21N3O/c1-12(2,3)14-11(16)9-15-7-5-10(13-4)6-8-15/h10H,5-9H2,1-3H3,(H,14,16)/i1D3. The molecule has 0 bridgehead atoms. The molecule has 0 aromatic heterocycles. The predicted molar refractivity (Wildman–Crippen MR) is 64.0 cm³/mol. The molecule has 1 rings (SSSR count). The van der Waals surface area contributed by atoms with Gasteiger partial charge in [-0.1, -0.05) is 0 Å². The number of hydrogen-bond acceptors (Lipinski definition) is 2. The van der Waals surface area contributed by atoms with Crippen molar-refractivity contribution < 1.29 is 8.91 Å². The third-order valence-electron chi connectivity index (χ3n) is 2.56. The average Bonchev–Trinajstić information content (AvgIpc) is 2.27. The van der Waals surface area contributed by atoms with Crippen LogP contribution in [0.1, 0.15) is 37.7 Å². The normalized spacial score (nSPS) is 22.7. The van der Waals surface area contributed by atoms with E-state index in [0.717, 1.165) is 12.8 Å². The molecule has 1 aliphatic rings. The highest BCUT2D eigenvalue weighted by molar-refractivity contribution is 5.78. The summed E-state index contributed by atoms with van der Waals surface area (Å²) in [7, 11) is 0. The molecular formula is C12H21N3O. The summed E-state index contributed by atoms with van der Waals surface area (Å²) >= 11 is 0. The van der Waals surface area contributed by atoms with Crippen molar-refractivity contribution in [1.82, 2.24) is 10.2 Å². The van der Waals surface area contributed by atoms with Crippen LogP contribution in [0.15, 0.2) is 0 Å². The van der Waals surface area contributed by atoms with Gasteiger partial charge >= 0.3 is 0 Å². The van der Waals surface area contributed by atoms with E-state index in [4.69, 9.17) is 10.7 Å². The molecule has 0 aromatic rings. The number of nitrogens with one attached hydrogen (secondary N) is 1. The van der Waals surface area contributed by atoms with E-state index in [1.54, 1.807) is 0 Å². The molecular weight excluding hydrogens is 202 g/mol. The van der Waals surface area contributed by atoms with E-state index in [2.05, 4.69) is 10.2 Å². The number of nitrogens with zero attached hydrogens (tertiary/aromatic N) is 2. The van der Waals surface area contributed by atoms with Crippen LogP contribution < -0.4 is 5.32 Å². The molecule has 1 fully saturated rings. The molecule has 0 radical (unpaired) electrons. The Morgan fingerprint density at radius 2 is 2.25 bits per heavy atom. The molecule has 0 saturated carbocycles. The Balaban J connectivity index is 2.43. The topological polar surface area (TPSA) is 36.7 Å². The molecule has 90 valence electrons. The van der Waals surface area contributed by atoms with Gasteiger partial charge in [0.15, 0.2) is 0 Å². The molecule has 1 saturated heterocycles. The van der Waals surface area contributed by atoms with Crippen LogP contribution in [-0.4, -0.2) is 42.0 Å². The zero-order valence-electron chi connectivity index (χ0n) is 12.9. The van der Waals surface area contributed by atoms with Gasteiger partial charge in [-0.25, -0.2) is 6.57 Å². The average molecular weight is 226 g/mol. The highest BCUT2D eigenvalue weighted by Crippen LogP contribution is 2.13. The zero-order valence-corrected chi connectivity index (χ0v) is 9.92. The Bertz CT molecular complexity index is 365. The fraction of sp³-hybridized carbons (Fsp3) is 0.833. The highest BCUT2D eigenvalue weighted by Gasteiger charge is 2.24. The molecule has 4 nitrogen and oxygen atoms in total. The van der Waals surface area contributed by atoms with Crippen LogP contribution in [0.5, 0.6) is 0 Å². The van der Waals surface area contributed by atoms with Gasteiger partial charge in [0.2, 0.25) is 11.9 Å². The molecule has 0 unspecified atom stereocenters. The summed E-state index contributed by atoms with van der Waals surface area (Å²) in [6.07, 6.45) is 1.55. The van der Waals surface area contributed by atoms with Gasteiger partial charge in [0.1, 0.15) is 0 Å². The predicted octanol–water partition coefficient (Wildman–Crippen LogP) is 1.28. The van der Waals surface area contributed by atoms with Crippen LogP contribution in [0.4, 0.5) is 0 Å². The lowest BCUT2D eigenvalue weighted by molar-refractivity contribution is -0.123. The van der Waals surface area contributed by atoms with Crippen LogP contribution in [0.2, 0.25) is 0 Å². The molecule has 0 spiro atoms. The number of amides is 1. The Hall–Kier alpha value is -1.08. The number of piperidine rings is 1. The second-order valence-electron chi connectivity index (χ2n) is 4.81. The third-order valence-corrected chi connectivity index (χ3v) is 2.56. The minimum absolute atomic E-state index is 0.0677. The van der Waals surface area contributed by atoms with Crippen molar-refractivity contribution in [3.8, 4) is 0 Å². The van der Waals surface area contributed by atoms with E-state index in [1.807, 2.05) is 4.90 Å². The quantitative estimate of drug-likeness (QED) is 0.720. The van der Waals surface area contributed by atoms with Crippen LogP contribution in [0.3, 0.4) is 0 Å². The third kappa shape index (κ3) is 4.63. The highest BCUT2D eigenvalue weighted by atomic mass is 16.2. The number of rotatable bonds is 2. The molecule has 0 aromatic carbocycles. The van der Waals surface area contributed by atoms with Crippen molar-refractivity contribution in [1.29, 1.82) is 0 Å². The summed E-state index contributed by atoms with van der Waals surface area (Å²) < 4.78 is 22.1. The summed E-state index contributed by atoms with van der Waals surface area (Å²) in [5.41, 5.74) is -1.22. The van der Waals surface area contributed by atoms with E-state index in [0.29, 0.717) is 13.1 Å². The summed E-state index contributed by atoms with van der Waals surface area (Å²) in [5, 5.41) is 2.57. The first-order valence-corrected chi connectivity index (χ1v) is 5.55. The van der Waals surface area contributed by atoms with Gasteiger partial charge in [-0.3, -0.25) is 9.69 Å². The fourth-order valence-electron chi connectivity index (χ4n) is 1.80. The molecule has 16 heavy (non-hydrogen) atoms. The summed E-state index contributed by atoms with van der Waals surface area (Å²) in [4.78, 5) is 17.3. The zero-order chi connectivity index (χ0) is 14.7. The number of likely N-dealkylation sites (tertiary alicyclic amines) is 1. The summed E-state index contributed by atoms with van der Waals surface area (Å²) in [6.45, 7) is 9.37. The van der Waals surface area contributed by atoms with Gasteiger partial charge < -0.3 is 10.2 Å². The largest absolute Gasteiger partial charge is 0.350 e. The minimum Gasteiger partial charge on any atom is -0.350 e. The van der Waals surface area contributed by atoms with Crippen LogP contribution in [0.25, 0.3) is 4.85 Å². The van der Waals surface area contributed by atoms with Gasteiger partial charge in [0.05, 0.1) is 6.54 Å². The molecule has 1 heterocycles. The van der Waals surface area contributed by atoms with Gasteiger partial charge in [-0.2, -0.15) is 0 Å². The van der Waals surface area contributed by atoms with Crippen molar-refractivity contribution in [3.63, 3.8) is 0 Å². The number of carbonyl (C=O) groups excluding carboxylic acids is 1. The number of carbonyl (C=O) groups is 1. The number of hydrogen-bond donors (Lipinski definition) is 1. The lowest BCUT2D eigenvalue weighted by atomic mass is 10.1. The minimum atomic E-state index is -2.22. The van der Waals surface area contributed by atoms with Gasteiger partial charge in [0.25, 0.3) is 0 Å². The second kappa shape index (κ2) is 5.31. The van der Waals surface area contributed by atoms with Gasteiger partial charge in [0, 0.05) is 35.6 Å². The van der Waals surface area contributed by atoms with Gasteiger partial charge in [-0.15, -0.1) is 0 Å². The molecule has 1 amide bonds. The van der Waals surface area contributed by atoms with Crippen molar-refractivity contribution in [2.24, 2.45) is 0 Å². The Morgan fingerprint density at radius 3 is 2.75 bits per heavy atom. The first-order chi connectivity index (χ1) is 8.65. The maximum Gasteiger partial charge on any atom is 0.234 e. The maximum atomic E-state index is 11.9.